The minimum Gasteiger partial charge on any atom is -0.496 e. The molecule has 3 aromatic rings. The van der Waals surface area contributed by atoms with E-state index in [0.717, 1.165) is 15.6 Å². The third-order valence-electron chi connectivity index (χ3n) is 3.45. The molecule has 128 valence electrons. The lowest BCUT2D eigenvalue weighted by molar-refractivity contribution is -0.144. The molecule has 0 aliphatic rings. The number of hydrogen-bond donors (Lipinski definition) is 0. The molecule has 6 nitrogen and oxygen atoms in total. The summed E-state index contributed by atoms with van der Waals surface area (Å²) in [5.74, 6) is 0.942. The van der Waals surface area contributed by atoms with Crippen LogP contribution in [0.4, 0.5) is 0 Å². The van der Waals surface area contributed by atoms with Gasteiger partial charge in [0.1, 0.15) is 5.75 Å². The molecule has 0 amide bonds. The van der Waals surface area contributed by atoms with Gasteiger partial charge in [0, 0.05) is 15.6 Å². The van der Waals surface area contributed by atoms with Gasteiger partial charge in [-0.3, -0.25) is 4.79 Å². The van der Waals surface area contributed by atoms with Crippen LogP contribution in [-0.2, 0) is 22.6 Å². The van der Waals surface area contributed by atoms with Gasteiger partial charge in [-0.25, -0.2) is 0 Å². The second kappa shape index (κ2) is 7.94. The number of rotatable bonds is 6. The molecule has 0 saturated carbocycles. The van der Waals surface area contributed by atoms with Gasteiger partial charge in [-0.2, -0.15) is 4.98 Å². The number of benzene rings is 2. The van der Waals surface area contributed by atoms with E-state index in [4.69, 9.17) is 14.0 Å². The van der Waals surface area contributed by atoms with Gasteiger partial charge in [-0.05, 0) is 30.3 Å². The van der Waals surface area contributed by atoms with Gasteiger partial charge in [0.05, 0.1) is 13.5 Å². The van der Waals surface area contributed by atoms with Crippen LogP contribution < -0.4 is 4.74 Å². The molecule has 0 fully saturated rings. The van der Waals surface area contributed by atoms with Crippen molar-refractivity contribution < 1.29 is 18.8 Å². The Kier molecular flexibility index (Phi) is 5.45. The number of carbonyl (C=O) groups is 1. The summed E-state index contributed by atoms with van der Waals surface area (Å²) in [4.78, 5) is 16.2. The van der Waals surface area contributed by atoms with Crippen molar-refractivity contribution in [1.82, 2.24) is 10.1 Å². The highest BCUT2D eigenvalue weighted by atomic mass is 79.9. The first-order valence-electron chi connectivity index (χ1n) is 7.52. The summed E-state index contributed by atoms with van der Waals surface area (Å²) in [7, 11) is 1.56. The zero-order chi connectivity index (χ0) is 17.6. The molecule has 0 bridgehead atoms. The number of para-hydroxylation sites is 1. The van der Waals surface area contributed by atoms with E-state index >= 15 is 0 Å². The molecule has 0 N–H and O–H groups in total. The highest BCUT2D eigenvalue weighted by Crippen LogP contribution is 2.20. The lowest BCUT2D eigenvalue weighted by atomic mass is 10.1. The summed E-state index contributed by atoms with van der Waals surface area (Å²) in [6.07, 6.45) is 0.109. The molecule has 7 heteroatoms. The molecule has 0 spiro atoms. The van der Waals surface area contributed by atoms with E-state index in [0.29, 0.717) is 11.6 Å². The molecular weight excluding hydrogens is 388 g/mol. The summed E-state index contributed by atoms with van der Waals surface area (Å²) < 4.78 is 16.5. The van der Waals surface area contributed by atoms with Gasteiger partial charge in [-0.15, -0.1) is 0 Å². The zero-order valence-corrected chi connectivity index (χ0v) is 15.0. The van der Waals surface area contributed by atoms with Crippen LogP contribution in [0.25, 0.3) is 11.4 Å². The Hall–Kier alpha value is -2.67. The molecule has 0 aliphatic heterocycles. The van der Waals surface area contributed by atoms with Crippen molar-refractivity contribution in [2.24, 2.45) is 0 Å². The maximum atomic E-state index is 12.0. The lowest BCUT2D eigenvalue weighted by Gasteiger charge is -2.07. The highest BCUT2D eigenvalue weighted by molar-refractivity contribution is 9.10. The number of esters is 1. The standard InChI is InChI=1S/C18H15BrN2O4/c1-23-15-5-3-2-4-13(15)10-17(22)24-11-16-20-18(21-25-16)12-6-8-14(19)9-7-12/h2-9H,10-11H2,1H3. The first-order chi connectivity index (χ1) is 12.2. The van der Waals surface area contributed by atoms with Gasteiger partial charge in [0.15, 0.2) is 6.61 Å². The summed E-state index contributed by atoms with van der Waals surface area (Å²) >= 11 is 3.37. The lowest BCUT2D eigenvalue weighted by Crippen LogP contribution is -2.09. The number of halogens is 1. The van der Waals surface area contributed by atoms with E-state index in [-0.39, 0.29) is 18.9 Å². The second-order valence-electron chi connectivity index (χ2n) is 5.17. The fraction of sp³-hybridized carbons (Fsp3) is 0.167. The van der Waals surface area contributed by atoms with Gasteiger partial charge in [0.2, 0.25) is 5.82 Å². The SMILES string of the molecule is COc1ccccc1CC(=O)OCc1nc(-c2ccc(Br)cc2)no1. The van der Waals surface area contributed by atoms with Crippen LogP contribution in [-0.4, -0.2) is 23.2 Å². The van der Waals surface area contributed by atoms with E-state index in [2.05, 4.69) is 26.1 Å². The summed E-state index contributed by atoms with van der Waals surface area (Å²) in [6, 6.07) is 14.8. The summed E-state index contributed by atoms with van der Waals surface area (Å²) in [6.45, 7) is -0.0719. The number of carbonyl (C=O) groups excluding carboxylic acids is 1. The van der Waals surface area contributed by atoms with Crippen LogP contribution in [0.15, 0.2) is 57.5 Å². The number of aromatic nitrogens is 2. The zero-order valence-electron chi connectivity index (χ0n) is 13.4. The Balaban J connectivity index is 1.58. The molecule has 2 aromatic carbocycles. The van der Waals surface area contributed by atoms with Gasteiger partial charge < -0.3 is 14.0 Å². The van der Waals surface area contributed by atoms with Crippen molar-refractivity contribution in [3.05, 3.63) is 64.5 Å². The summed E-state index contributed by atoms with van der Waals surface area (Å²) in [5, 5.41) is 3.89. The largest absolute Gasteiger partial charge is 0.496 e. The molecular formula is C18H15BrN2O4. The molecule has 1 heterocycles. The molecule has 0 aliphatic carbocycles. The molecule has 0 saturated heterocycles. The monoisotopic (exact) mass is 402 g/mol. The van der Waals surface area contributed by atoms with Crippen LogP contribution in [0.1, 0.15) is 11.5 Å². The van der Waals surface area contributed by atoms with E-state index < -0.39 is 5.97 Å². The number of methoxy groups -OCH3 is 1. The van der Waals surface area contributed by atoms with Crippen LogP contribution >= 0.6 is 15.9 Å². The Bertz CT molecular complexity index is 862. The topological polar surface area (TPSA) is 74.5 Å². The first kappa shape index (κ1) is 17.2. The van der Waals surface area contributed by atoms with Crippen LogP contribution in [0.5, 0.6) is 5.75 Å². The van der Waals surface area contributed by atoms with Gasteiger partial charge in [0.25, 0.3) is 5.89 Å². The van der Waals surface area contributed by atoms with Gasteiger partial charge in [-0.1, -0.05) is 39.3 Å². The normalized spacial score (nSPS) is 10.5. The third kappa shape index (κ3) is 4.45. The summed E-state index contributed by atoms with van der Waals surface area (Å²) in [5.41, 5.74) is 1.58. The minimum absolute atomic E-state index is 0.0719. The maximum Gasteiger partial charge on any atom is 0.310 e. The average molecular weight is 403 g/mol. The average Bonchev–Trinajstić information content (AvgIpc) is 3.10. The maximum absolute atomic E-state index is 12.0. The molecule has 0 unspecified atom stereocenters. The molecule has 1 aromatic heterocycles. The molecule has 0 atom stereocenters. The predicted octanol–water partition coefficient (Wildman–Crippen LogP) is 3.79. The number of ether oxygens (including phenoxy) is 2. The van der Waals surface area contributed by atoms with Crippen molar-refractivity contribution in [1.29, 1.82) is 0 Å². The van der Waals surface area contributed by atoms with Crippen LogP contribution in [0.3, 0.4) is 0 Å². The van der Waals surface area contributed by atoms with Crippen molar-refractivity contribution in [3.8, 4) is 17.1 Å². The number of hydrogen-bond acceptors (Lipinski definition) is 6. The Morgan fingerprint density at radius 2 is 1.92 bits per heavy atom. The molecule has 25 heavy (non-hydrogen) atoms. The van der Waals surface area contributed by atoms with Crippen molar-refractivity contribution in [2.45, 2.75) is 13.0 Å². The predicted molar refractivity (Wildman–Crippen MR) is 93.9 cm³/mol. The highest BCUT2D eigenvalue weighted by Gasteiger charge is 2.13. The third-order valence-corrected chi connectivity index (χ3v) is 3.98. The Morgan fingerprint density at radius 1 is 1.16 bits per heavy atom. The molecule has 0 radical (unpaired) electrons. The van der Waals surface area contributed by atoms with E-state index in [1.165, 1.54) is 0 Å². The van der Waals surface area contributed by atoms with Gasteiger partial charge >= 0.3 is 5.97 Å². The van der Waals surface area contributed by atoms with Crippen molar-refractivity contribution >= 4 is 21.9 Å². The van der Waals surface area contributed by atoms with E-state index in [9.17, 15) is 4.79 Å². The Labute approximate surface area is 152 Å². The van der Waals surface area contributed by atoms with Crippen LogP contribution in [0.2, 0.25) is 0 Å². The first-order valence-corrected chi connectivity index (χ1v) is 8.31. The second-order valence-corrected chi connectivity index (χ2v) is 6.08. The molecule has 3 rings (SSSR count). The van der Waals surface area contributed by atoms with E-state index in [1.54, 1.807) is 13.2 Å². The minimum atomic E-state index is -0.395. The quantitative estimate of drug-likeness (QED) is 0.583. The van der Waals surface area contributed by atoms with Crippen molar-refractivity contribution in [2.75, 3.05) is 7.11 Å². The van der Waals surface area contributed by atoms with Crippen molar-refractivity contribution in [3.63, 3.8) is 0 Å². The fourth-order valence-corrected chi connectivity index (χ4v) is 2.49. The van der Waals surface area contributed by atoms with E-state index in [1.807, 2.05) is 42.5 Å². The fourth-order valence-electron chi connectivity index (χ4n) is 2.23. The number of nitrogens with zero attached hydrogens (tertiary/aromatic N) is 2. The Morgan fingerprint density at radius 3 is 2.68 bits per heavy atom. The smallest absolute Gasteiger partial charge is 0.310 e. The van der Waals surface area contributed by atoms with Crippen LogP contribution in [0, 0.1) is 0 Å².